The third-order valence-electron chi connectivity index (χ3n) is 7.94. The summed E-state index contributed by atoms with van der Waals surface area (Å²) in [6.07, 6.45) is 4.17. The fraction of sp³-hybridized carbons (Fsp3) is 0.464. The Kier molecular flexibility index (Phi) is 6.75. The van der Waals surface area contributed by atoms with Gasteiger partial charge >= 0.3 is 12.1 Å². The molecule has 0 radical (unpaired) electrons. The molecule has 0 aromatic heterocycles. The number of benzene rings is 2. The Labute approximate surface area is 205 Å². The molecule has 2 aromatic carbocycles. The highest BCUT2D eigenvalue weighted by Crippen LogP contribution is 2.44. The van der Waals surface area contributed by atoms with Crippen LogP contribution in [0.5, 0.6) is 0 Å². The van der Waals surface area contributed by atoms with Crippen molar-refractivity contribution in [2.45, 2.75) is 50.5 Å². The molecule has 2 amide bonds. The predicted molar refractivity (Wildman–Crippen MR) is 131 cm³/mol. The molecule has 3 N–H and O–H groups in total. The van der Waals surface area contributed by atoms with Gasteiger partial charge in [-0.05, 0) is 53.9 Å². The van der Waals surface area contributed by atoms with Crippen LogP contribution in [0.25, 0.3) is 11.1 Å². The van der Waals surface area contributed by atoms with Crippen molar-refractivity contribution in [3.8, 4) is 11.1 Å². The van der Waals surface area contributed by atoms with E-state index in [2.05, 4.69) is 34.9 Å². The summed E-state index contributed by atoms with van der Waals surface area (Å²) in [5.74, 6) is -1.32. The molecular formula is C28H32N2O5. The van der Waals surface area contributed by atoms with E-state index in [1.54, 1.807) is 0 Å². The van der Waals surface area contributed by atoms with Crippen LogP contribution >= 0.6 is 0 Å². The van der Waals surface area contributed by atoms with E-state index in [0.717, 1.165) is 19.3 Å². The maximum Gasteiger partial charge on any atom is 0.407 e. The molecular weight excluding hydrogens is 444 g/mol. The van der Waals surface area contributed by atoms with Gasteiger partial charge in [-0.2, -0.15) is 0 Å². The van der Waals surface area contributed by atoms with E-state index in [9.17, 15) is 19.5 Å². The molecule has 2 saturated carbocycles. The van der Waals surface area contributed by atoms with Gasteiger partial charge in [0.2, 0.25) is 5.91 Å². The largest absolute Gasteiger partial charge is 0.481 e. The van der Waals surface area contributed by atoms with Crippen LogP contribution in [-0.2, 0) is 14.3 Å². The monoisotopic (exact) mass is 476 g/mol. The Morgan fingerprint density at radius 1 is 0.914 bits per heavy atom. The molecule has 0 saturated heterocycles. The first-order valence-corrected chi connectivity index (χ1v) is 12.6. The zero-order valence-electron chi connectivity index (χ0n) is 19.7. The third kappa shape index (κ3) is 4.90. The molecule has 5 rings (SSSR count). The van der Waals surface area contributed by atoms with Gasteiger partial charge in [0.05, 0.1) is 5.92 Å². The number of carboxylic acid groups (broad SMARTS) is 1. The lowest BCUT2D eigenvalue weighted by Gasteiger charge is -2.35. The minimum absolute atomic E-state index is 0.0000229. The van der Waals surface area contributed by atoms with E-state index in [1.807, 2.05) is 24.3 Å². The summed E-state index contributed by atoms with van der Waals surface area (Å²) >= 11 is 0. The van der Waals surface area contributed by atoms with Gasteiger partial charge < -0.3 is 20.5 Å². The van der Waals surface area contributed by atoms with Crippen LogP contribution in [0, 0.1) is 17.8 Å². The van der Waals surface area contributed by atoms with Crippen LogP contribution in [0.1, 0.15) is 55.6 Å². The molecule has 0 heterocycles. The topological polar surface area (TPSA) is 105 Å². The normalized spacial score (nSPS) is 25.0. The first-order valence-electron chi connectivity index (χ1n) is 12.6. The highest BCUT2D eigenvalue weighted by molar-refractivity contribution is 5.81. The van der Waals surface area contributed by atoms with Gasteiger partial charge in [-0.15, -0.1) is 0 Å². The Morgan fingerprint density at radius 3 is 2.20 bits per heavy atom. The average molecular weight is 477 g/mol. The molecule has 2 atom stereocenters. The van der Waals surface area contributed by atoms with Crippen LogP contribution in [-0.4, -0.2) is 42.3 Å². The van der Waals surface area contributed by atoms with Crippen molar-refractivity contribution >= 4 is 18.0 Å². The van der Waals surface area contributed by atoms with E-state index >= 15 is 0 Å². The van der Waals surface area contributed by atoms with Gasteiger partial charge in [-0.25, -0.2) is 4.79 Å². The predicted octanol–water partition coefficient (Wildman–Crippen LogP) is 4.31. The number of carboxylic acids is 1. The molecule has 3 aliphatic rings. The van der Waals surface area contributed by atoms with Gasteiger partial charge in [0, 0.05) is 24.4 Å². The highest BCUT2D eigenvalue weighted by Gasteiger charge is 2.37. The highest BCUT2D eigenvalue weighted by atomic mass is 16.5. The molecule has 7 heteroatoms. The zero-order chi connectivity index (χ0) is 24.4. The molecule has 0 unspecified atom stereocenters. The maximum atomic E-state index is 12.5. The molecule has 7 nitrogen and oxygen atoms in total. The minimum atomic E-state index is -0.764. The van der Waals surface area contributed by atoms with E-state index in [4.69, 9.17) is 4.74 Å². The SMILES string of the molecule is O=C(NC1CC(C(=O)NC[C@@H]2CCCC[C@@H]2C(=O)O)C1)OCC1c2ccccc2-c2ccccc21. The lowest BCUT2D eigenvalue weighted by molar-refractivity contribution is -0.145. The number of rotatable bonds is 7. The number of ether oxygens (including phenoxy) is 1. The van der Waals surface area contributed by atoms with Gasteiger partial charge in [-0.3, -0.25) is 9.59 Å². The molecule has 35 heavy (non-hydrogen) atoms. The maximum absolute atomic E-state index is 12.5. The van der Waals surface area contributed by atoms with Gasteiger partial charge in [0.25, 0.3) is 0 Å². The Bertz CT molecular complexity index is 1060. The molecule has 0 aliphatic heterocycles. The lowest BCUT2D eigenvalue weighted by Crippen LogP contribution is -2.50. The fourth-order valence-corrected chi connectivity index (χ4v) is 5.91. The Morgan fingerprint density at radius 2 is 1.54 bits per heavy atom. The van der Waals surface area contributed by atoms with Gasteiger partial charge in [-0.1, -0.05) is 61.4 Å². The number of fused-ring (bicyclic) bond motifs is 3. The van der Waals surface area contributed by atoms with Gasteiger partial charge in [0.1, 0.15) is 6.61 Å². The third-order valence-corrected chi connectivity index (χ3v) is 7.94. The Balaban J connectivity index is 1.06. The number of amides is 2. The number of hydrogen-bond donors (Lipinski definition) is 3. The second-order valence-corrected chi connectivity index (χ2v) is 10.1. The summed E-state index contributed by atoms with van der Waals surface area (Å²) in [6.45, 7) is 0.680. The lowest BCUT2D eigenvalue weighted by atomic mass is 9.78. The number of hydrogen-bond acceptors (Lipinski definition) is 4. The van der Waals surface area contributed by atoms with E-state index in [1.165, 1.54) is 22.3 Å². The number of carbonyl (C=O) groups is 3. The second-order valence-electron chi connectivity index (χ2n) is 10.1. The van der Waals surface area contributed by atoms with Gasteiger partial charge in [0.15, 0.2) is 0 Å². The molecule has 3 aliphatic carbocycles. The summed E-state index contributed by atoms with van der Waals surface area (Å²) in [7, 11) is 0. The van der Waals surface area contributed by atoms with E-state index < -0.39 is 12.1 Å². The van der Waals surface area contributed by atoms with Crippen molar-refractivity contribution in [2.75, 3.05) is 13.2 Å². The molecule has 2 aromatic rings. The summed E-state index contributed by atoms with van der Waals surface area (Å²) < 4.78 is 5.60. The van der Waals surface area contributed by atoms with Crippen LogP contribution in [0.2, 0.25) is 0 Å². The van der Waals surface area contributed by atoms with E-state index in [-0.39, 0.29) is 42.2 Å². The average Bonchev–Trinajstić information content (AvgIpc) is 3.17. The Hall–Kier alpha value is -3.35. The van der Waals surface area contributed by atoms with Crippen molar-refractivity contribution in [3.05, 3.63) is 59.7 Å². The number of carbonyl (C=O) groups excluding carboxylic acids is 2. The first-order chi connectivity index (χ1) is 17.0. The summed E-state index contributed by atoms with van der Waals surface area (Å²) in [5, 5.41) is 15.2. The second kappa shape index (κ2) is 10.1. The first kappa shape index (κ1) is 23.4. The smallest absolute Gasteiger partial charge is 0.407 e. The molecule has 2 fully saturated rings. The quantitative estimate of drug-likeness (QED) is 0.552. The standard InChI is InChI=1S/C28H32N2O5/c31-26(29-15-17-7-1-2-8-20(17)27(32)33)18-13-19(14-18)30-28(34)35-16-25-23-11-5-3-9-21(23)22-10-4-6-12-24(22)25/h3-6,9-12,17-20,25H,1-2,7-8,13-16H2,(H,29,31)(H,30,34)(H,32,33)/t17-,18?,19?,20-/m0/s1. The van der Waals surface area contributed by atoms with Crippen LogP contribution < -0.4 is 10.6 Å². The fourth-order valence-electron chi connectivity index (χ4n) is 5.91. The number of nitrogens with one attached hydrogen (secondary N) is 2. The summed E-state index contributed by atoms with van der Waals surface area (Å²) in [5.41, 5.74) is 4.72. The van der Waals surface area contributed by atoms with Crippen molar-refractivity contribution in [3.63, 3.8) is 0 Å². The van der Waals surface area contributed by atoms with Crippen LogP contribution in [0.4, 0.5) is 4.79 Å². The van der Waals surface area contributed by atoms with Crippen LogP contribution in [0.15, 0.2) is 48.5 Å². The van der Waals surface area contributed by atoms with Crippen molar-refractivity contribution in [2.24, 2.45) is 17.8 Å². The molecule has 184 valence electrons. The van der Waals surface area contributed by atoms with Crippen molar-refractivity contribution in [1.29, 1.82) is 0 Å². The van der Waals surface area contributed by atoms with Crippen molar-refractivity contribution < 1.29 is 24.2 Å². The summed E-state index contributed by atoms with van der Waals surface area (Å²) in [4.78, 5) is 36.4. The zero-order valence-corrected chi connectivity index (χ0v) is 19.7. The molecule has 0 spiro atoms. The number of aliphatic carboxylic acids is 1. The molecule has 0 bridgehead atoms. The summed E-state index contributed by atoms with van der Waals surface area (Å²) in [6, 6.07) is 16.4. The van der Waals surface area contributed by atoms with E-state index in [0.29, 0.717) is 25.8 Å². The number of alkyl carbamates (subject to hydrolysis) is 1. The minimum Gasteiger partial charge on any atom is -0.481 e. The van der Waals surface area contributed by atoms with Crippen LogP contribution in [0.3, 0.4) is 0 Å². The van der Waals surface area contributed by atoms with Crippen molar-refractivity contribution in [1.82, 2.24) is 10.6 Å².